The van der Waals surface area contributed by atoms with Crippen LogP contribution in [0, 0.1) is 5.82 Å². The molecule has 1 aromatic heterocycles. The summed E-state index contributed by atoms with van der Waals surface area (Å²) in [7, 11) is -2.55. The number of carbonyl (C=O) groups is 1. The van der Waals surface area contributed by atoms with Crippen molar-refractivity contribution in [3.8, 4) is 5.75 Å². The minimum atomic E-state index is -2.55. The van der Waals surface area contributed by atoms with Gasteiger partial charge in [-0.3, -0.25) is 0 Å². The summed E-state index contributed by atoms with van der Waals surface area (Å²) in [5.41, 5.74) is 2.98. The third-order valence-electron chi connectivity index (χ3n) is 4.78. The van der Waals surface area contributed by atoms with Gasteiger partial charge in [-0.1, -0.05) is 41.9 Å². The minimum absolute atomic E-state index is 0.0749. The summed E-state index contributed by atoms with van der Waals surface area (Å²) in [6.07, 6.45) is 2.32. The summed E-state index contributed by atoms with van der Waals surface area (Å²) < 4.78 is 41.8. The number of fused-ring (bicyclic) bond motifs is 1. The molecule has 0 spiro atoms. The smallest absolute Gasteiger partial charge is 0.144 e. The lowest BCUT2D eigenvalue weighted by molar-refractivity contribution is -0.108. The second-order valence-corrected chi connectivity index (χ2v) is 8.07. The van der Waals surface area contributed by atoms with E-state index in [0.717, 1.165) is 6.29 Å². The number of allylic oxidation sites excluding steroid dienone is 1. The maximum Gasteiger partial charge on any atom is 0.144 e. The largest absolute Gasteiger partial charge is 0.456 e. The zero-order valence-electron chi connectivity index (χ0n) is 15.4. The quantitative estimate of drug-likeness (QED) is 0.363. The Labute approximate surface area is 178 Å². The van der Waals surface area contributed by atoms with Gasteiger partial charge in [-0.2, -0.15) is 0 Å². The molecule has 1 aliphatic heterocycles. The van der Waals surface area contributed by atoms with Gasteiger partial charge in [0.2, 0.25) is 0 Å². The van der Waals surface area contributed by atoms with Crippen molar-refractivity contribution in [2.45, 2.75) is 11.7 Å². The van der Waals surface area contributed by atoms with Crippen LogP contribution in [0.15, 0.2) is 60.8 Å². The van der Waals surface area contributed by atoms with E-state index in [2.05, 4.69) is 4.98 Å². The van der Waals surface area contributed by atoms with Crippen molar-refractivity contribution in [1.29, 1.82) is 0 Å². The first-order valence-electron chi connectivity index (χ1n) is 8.96. The fourth-order valence-electron chi connectivity index (χ4n) is 3.43. The third-order valence-corrected chi connectivity index (χ3v) is 5.63. The Morgan fingerprint density at radius 1 is 1.07 bits per heavy atom. The van der Waals surface area contributed by atoms with E-state index in [-0.39, 0.29) is 11.5 Å². The van der Waals surface area contributed by atoms with Gasteiger partial charge in [0.1, 0.15) is 39.5 Å². The lowest BCUT2D eigenvalue weighted by Gasteiger charge is -2.28. The zero-order chi connectivity index (χ0) is 21.3. The molecule has 0 N–H and O–H groups in total. The number of rotatable bonds is 5. The van der Waals surface area contributed by atoms with Crippen molar-refractivity contribution in [2.75, 3.05) is 0 Å². The van der Waals surface area contributed by atoms with Gasteiger partial charge in [-0.05, 0) is 23.8 Å². The fourth-order valence-corrected chi connectivity index (χ4v) is 4.05. The number of halogens is 2. The highest BCUT2D eigenvalue weighted by Gasteiger charge is 2.32. The van der Waals surface area contributed by atoms with Crippen LogP contribution >= 0.6 is 11.6 Å². The molecule has 0 saturated heterocycles. The SMILES string of the molecule is O=CC1C(c2ccc(Cl)nc2)=C(c2ccc(C[SH](=O)=O)cc2)Oc2cc(F)ccc21. The van der Waals surface area contributed by atoms with E-state index in [1.807, 2.05) is 0 Å². The number of hydrogen-bond donors (Lipinski definition) is 1. The molecule has 152 valence electrons. The van der Waals surface area contributed by atoms with Gasteiger partial charge in [-0.25, -0.2) is 17.8 Å². The van der Waals surface area contributed by atoms with Gasteiger partial charge in [0.25, 0.3) is 0 Å². The molecule has 1 atom stereocenters. The maximum atomic E-state index is 13.8. The Kier molecular flexibility index (Phi) is 5.65. The number of thiol groups is 1. The van der Waals surface area contributed by atoms with E-state index in [0.29, 0.717) is 38.7 Å². The van der Waals surface area contributed by atoms with Crippen LogP contribution in [-0.4, -0.2) is 19.7 Å². The van der Waals surface area contributed by atoms with Crippen LogP contribution in [-0.2, 0) is 21.3 Å². The van der Waals surface area contributed by atoms with Crippen LogP contribution in [0.1, 0.15) is 28.2 Å². The van der Waals surface area contributed by atoms with Crippen molar-refractivity contribution in [3.63, 3.8) is 0 Å². The predicted octanol–water partition coefficient (Wildman–Crippen LogP) is 4.23. The van der Waals surface area contributed by atoms with Gasteiger partial charge in [0, 0.05) is 34.5 Å². The molecule has 0 bridgehead atoms. The first-order chi connectivity index (χ1) is 14.5. The average molecular weight is 444 g/mol. The van der Waals surface area contributed by atoms with Crippen LogP contribution in [0.25, 0.3) is 11.3 Å². The summed E-state index contributed by atoms with van der Waals surface area (Å²) in [6, 6.07) is 14.1. The van der Waals surface area contributed by atoms with E-state index in [1.165, 1.54) is 18.2 Å². The van der Waals surface area contributed by atoms with Crippen LogP contribution in [0.4, 0.5) is 4.39 Å². The molecule has 3 aromatic rings. The van der Waals surface area contributed by atoms with Crippen LogP contribution in [0.5, 0.6) is 5.75 Å². The number of aldehydes is 1. The van der Waals surface area contributed by atoms with Crippen LogP contribution < -0.4 is 4.74 Å². The Morgan fingerprint density at radius 3 is 2.43 bits per heavy atom. The molecule has 1 unspecified atom stereocenters. The molecule has 2 heterocycles. The highest BCUT2D eigenvalue weighted by Crippen LogP contribution is 2.46. The zero-order valence-corrected chi connectivity index (χ0v) is 17.1. The highest BCUT2D eigenvalue weighted by atomic mass is 35.5. The number of benzene rings is 2. The Balaban J connectivity index is 1.91. The summed E-state index contributed by atoms with van der Waals surface area (Å²) >= 11 is 5.91. The molecule has 0 fully saturated rings. The molecule has 2 aromatic carbocycles. The Hall–Kier alpha value is -3.03. The minimum Gasteiger partial charge on any atom is -0.456 e. The fraction of sp³-hybridized carbons (Fsp3) is 0.0909. The molecule has 0 radical (unpaired) electrons. The topological polar surface area (TPSA) is 73.3 Å². The van der Waals surface area contributed by atoms with E-state index < -0.39 is 22.4 Å². The Bertz CT molecular complexity index is 1210. The molecule has 8 heteroatoms. The summed E-state index contributed by atoms with van der Waals surface area (Å²) in [6.45, 7) is 0. The summed E-state index contributed by atoms with van der Waals surface area (Å²) in [4.78, 5) is 16.2. The Morgan fingerprint density at radius 2 is 1.80 bits per heavy atom. The van der Waals surface area contributed by atoms with Crippen molar-refractivity contribution >= 4 is 39.9 Å². The second kappa shape index (κ2) is 8.38. The van der Waals surface area contributed by atoms with E-state index in [4.69, 9.17) is 16.3 Å². The monoisotopic (exact) mass is 443 g/mol. The average Bonchev–Trinajstić information content (AvgIpc) is 2.73. The maximum absolute atomic E-state index is 13.8. The van der Waals surface area contributed by atoms with Crippen molar-refractivity contribution in [2.24, 2.45) is 0 Å². The van der Waals surface area contributed by atoms with E-state index in [9.17, 15) is 17.6 Å². The van der Waals surface area contributed by atoms with Crippen LogP contribution in [0.2, 0.25) is 5.15 Å². The molecular formula is C22H15ClFNO4S. The molecular weight excluding hydrogens is 429 g/mol. The predicted molar refractivity (Wildman–Crippen MR) is 112 cm³/mol. The lowest BCUT2D eigenvalue weighted by atomic mass is 9.84. The number of hydrogen-bond acceptors (Lipinski definition) is 5. The van der Waals surface area contributed by atoms with Gasteiger partial charge in [0.05, 0.1) is 11.7 Å². The molecule has 1 aliphatic rings. The van der Waals surface area contributed by atoms with Gasteiger partial charge in [-0.15, -0.1) is 0 Å². The van der Waals surface area contributed by atoms with Gasteiger partial charge < -0.3 is 9.53 Å². The molecule has 0 amide bonds. The molecule has 5 nitrogen and oxygen atoms in total. The molecule has 4 rings (SSSR count). The third kappa shape index (κ3) is 3.99. The standard InChI is InChI=1S/C22H15ClFNO4S/c23-20-8-5-15(10-25-20)21-18(11-26)17-7-6-16(24)9-19(17)29-22(21)14-3-1-13(2-4-14)12-30(27)28/h1-11,18,30H,12H2. The summed E-state index contributed by atoms with van der Waals surface area (Å²) in [5, 5.41) is 0.304. The highest BCUT2D eigenvalue weighted by molar-refractivity contribution is 7.71. The second-order valence-electron chi connectivity index (χ2n) is 6.70. The number of ether oxygens (including phenoxy) is 1. The van der Waals surface area contributed by atoms with Crippen molar-refractivity contribution in [1.82, 2.24) is 4.98 Å². The first kappa shape index (κ1) is 20.3. The van der Waals surface area contributed by atoms with Crippen molar-refractivity contribution < 1.29 is 22.3 Å². The summed E-state index contributed by atoms with van der Waals surface area (Å²) in [5.74, 6) is -0.645. The molecule has 0 aliphatic carbocycles. The van der Waals surface area contributed by atoms with E-state index >= 15 is 0 Å². The van der Waals surface area contributed by atoms with Gasteiger partial charge in [0.15, 0.2) is 0 Å². The molecule has 0 saturated carbocycles. The van der Waals surface area contributed by atoms with Crippen LogP contribution in [0.3, 0.4) is 0 Å². The van der Waals surface area contributed by atoms with E-state index in [1.54, 1.807) is 42.6 Å². The number of pyridine rings is 1. The molecule has 30 heavy (non-hydrogen) atoms. The van der Waals surface area contributed by atoms with Crippen molar-refractivity contribution in [3.05, 3.63) is 94.0 Å². The van der Waals surface area contributed by atoms with Gasteiger partial charge >= 0.3 is 0 Å². The number of carbonyl (C=O) groups excluding carboxylic acids is 1. The number of nitrogens with zero attached hydrogens (tertiary/aromatic N) is 1. The first-order valence-corrected chi connectivity index (χ1v) is 10.7. The normalized spacial score (nSPS) is 15.6. The lowest BCUT2D eigenvalue weighted by Crippen LogP contribution is -2.16. The number of aromatic nitrogens is 1.